The maximum Gasteiger partial charge on any atom is 0.298 e. The molecule has 2 aliphatic heterocycles. The number of Topliss-reactive ketones (excluding diaryl/α,β-unsaturated/α-hetero) is 1. The number of unbranched alkanes of at least 4 members (excludes halogenated alkanes) is 2. The van der Waals surface area contributed by atoms with Crippen LogP contribution in [0.3, 0.4) is 0 Å². The van der Waals surface area contributed by atoms with Crippen LogP contribution in [0, 0.1) is 0 Å². The van der Waals surface area contributed by atoms with Crippen molar-refractivity contribution in [2.45, 2.75) is 190 Å². The molecule has 0 atom stereocenters. The summed E-state index contributed by atoms with van der Waals surface area (Å²) in [5, 5.41) is 28.1. The number of rotatable bonds is 15. The molecule has 1 aliphatic carbocycles. The van der Waals surface area contributed by atoms with Crippen molar-refractivity contribution in [1.29, 1.82) is 0 Å². The number of hydrogen-bond acceptors (Lipinski definition) is 11. The van der Waals surface area contributed by atoms with Crippen LogP contribution in [0.25, 0.3) is 69.6 Å². The summed E-state index contributed by atoms with van der Waals surface area (Å²) >= 11 is 2.93. The number of benzene rings is 6. The fraction of sp³-hybridized carbons (Fsp3) is 0.352. The average Bonchev–Trinajstić information content (AvgIpc) is 1.69. The Morgan fingerprint density at radius 3 is 1.26 bits per heavy atom. The number of aromatic hydroxyl groups is 1. The zero-order valence-electron chi connectivity index (χ0n) is 63.4. The number of thiophene rings is 2. The van der Waals surface area contributed by atoms with Gasteiger partial charge in [-0.05, 0) is 169 Å². The molecule has 0 fully saturated rings. The molecule has 11 aromatic rings. The highest BCUT2D eigenvalue weighted by atomic mass is 127. The van der Waals surface area contributed by atoms with Crippen LogP contribution in [-0.2, 0) is 46.9 Å². The number of carbonyl (C=O) groups excluding carboxylic acids is 3. The Hall–Kier alpha value is -8.84. The molecule has 104 heavy (non-hydrogen) atoms. The lowest BCUT2D eigenvalue weighted by Gasteiger charge is -2.22. The van der Waals surface area contributed by atoms with Crippen molar-refractivity contribution in [3.05, 3.63) is 210 Å². The van der Waals surface area contributed by atoms with Gasteiger partial charge in [0.1, 0.15) is 40.3 Å². The molecule has 16 heteroatoms. The smallest absolute Gasteiger partial charge is 0.298 e. The third kappa shape index (κ3) is 13.6. The number of hydrogen-bond donors (Lipinski definition) is 2. The summed E-state index contributed by atoms with van der Waals surface area (Å²) in [4.78, 5) is 60.3. The molecule has 0 radical (unpaired) electrons. The number of aromatic nitrogens is 2. The minimum Gasteiger partial charge on any atom is -1.00 e. The van der Waals surface area contributed by atoms with Crippen molar-refractivity contribution in [3.63, 3.8) is 0 Å². The maximum atomic E-state index is 13.9. The fourth-order valence-electron chi connectivity index (χ4n) is 14.6. The van der Waals surface area contributed by atoms with Gasteiger partial charge in [0, 0.05) is 80.4 Å². The van der Waals surface area contributed by atoms with E-state index in [0.717, 1.165) is 79.8 Å². The lowest BCUT2D eigenvalue weighted by Crippen LogP contribution is -3.00. The van der Waals surface area contributed by atoms with Crippen LogP contribution < -0.4 is 44.3 Å². The second-order valence-corrected chi connectivity index (χ2v) is 35.0. The normalized spacial score (nSPS) is 15.3. The van der Waals surface area contributed by atoms with Crippen LogP contribution in [0.5, 0.6) is 17.2 Å². The number of nitrogens with zero attached hydrogens (tertiary/aromatic N) is 4. The second-order valence-electron chi connectivity index (χ2n) is 32.9. The summed E-state index contributed by atoms with van der Waals surface area (Å²) in [6.07, 6.45) is 6.20. The van der Waals surface area contributed by atoms with E-state index in [1.807, 2.05) is 42.5 Å². The Morgan fingerprint density at radius 1 is 0.490 bits per heavy atom. The highest BCUT2D eigenvalue weighted by Crippen LogP contribution is 2.48. The third-order valence-corrected chi connectivity index (χ3v) is 23.4. The summed E-state index contributed by atoms with van der Waals surface area (Å²) in [5.41, 5.74) is 15.3. The van der Waals surface area contributed by atoms with Gasteiger partial charge >= 0.3 is 0 Å². The van der Waals surface area contributed by atoms with Gasteiger partial charge in [-0.15, -0.1) is 22.7 Å². The van der Waals surface area contributed by atoms with E-state index in [9.17, 15) is 34.2 Å². The number of ether oxygens (including phenoxy) is 2. The molecule has 2 N–H and O–H groups in total. The Morgan fingerprint density at radius 2 is 0.875 bits per heavy atom. The first-order valence-corrected chi connectivity index (χ1v) is 37.5. The SMILES string of the molecule is CC(C)(C)c1ccc2c(c1)c1cc(C(C)(C)C)ccc1n2-c1ccc(-c2c(O)c(=O)c2=O)s1.CCCC[N+]1=C(/C=C2/C(=O)C(c3ccc(-n4c5ccc(C(C)(C)C)cc5c5cc(C(C)(C)C)ccc54)s3)=C2O)C(C)(C)c2cc(OC=O)ccc21.CCCC[N+]1=C(C)C(C)(C)c2cc(OC=O)ccc21.[I-]. The number of aliphatic hydroxyl groups excluding tert-OH is 1. The van der Waals surface area contributed by atoms with Gasteiger partial charge in [-0.25, -0.2) is 0 Å². The Labute approximate surface area is 635 Å². The molecule has 0 spiro atoms. The highest BCUT2D eigenvalue weighted by Gasteiger charge is 2.48. The van der Waals surface area contributed by atoms with Gasteiger partial charge < -0.3 is 52.8 Å². The van der Waals surface area contributed by atoms with Gasteiger partial charge in [0.2, 0.25) is 22.6 Å². The zero-order valence-corrected chi connectivity index (χ0v) is 67.2. The minimum atomic E-state index is -0.804. The van der Waals surface area contributed by atoms with Crippen LogP contribution in [-0.4, -0.2) is 71.7 Å². The Balaban J connectivity index is 0.000000174. The summed E-state index contributed by atoms with van der Waals surface area (Å²) in [6, 6.07) is 46.1. The molecule has 0 saturated heterocycles. The molecule has 13 nitrogen and oxygen atoms in total. The number of carbonyl (C=O) groups is 3. The molecule has 6 heterocycles. The standard InChI is InChI=1S/C44H46N2O4S.C28H27NO3S.C16H22NO2.HI/c1-10-11-20-45-35-17-14-28(50-25-47)23-32(35)44(8,9)37(45)24-31-40(48)39(41(31)49)36-18-19-38(51-36)46-33-15-12-26(42(2,3)4)21-29(33)30-22-27(43(5,6)7)13-16-34(30)46;1-27(2,3)15-7-9-19-17(13-15)18-14-16(28(4,5)6)8-10-20(18)29(19)22-12-11-21(33-22)23-24(30)26(32)25(23)31;1-5-6-9-17-12(2)16(3,4)14-10-13(19-11-18)7-8-15(14)17;/h12-19,21-25H,10-11,20H2,1-9H3;7-14,30H,1-6H3;7-8,10-11H,5-6,9H2,1-4H3;1H/q;;+1;. The van der Waals surface area contributed by atoms with Gasteiger partial charge in [0.05, 0.1) is 49.6 Å². The molecule has 14 rings (SSSR count). The van der Waals surface area contributed by atoms with Crippen molar-refractivity contribution in [2.24, 2.45) is 0 Å². The van der Waals surface area contributed by atoms with Gasteiger partial charge in [0.25, 0.3) is 18.4 Å². The van der Waals surface area contributed by atoms with Crippen molar-refractivity contribution in [2.75, 3.05) is 13.1 Å². The monoisotopic (exact) mass is 1540 g/mol. The Kier molecular flexibility index (Phi) is 20.7. The average molecular weight is 1540 g/mol. The molecule has 0 amide bonds. The molecular weight excluding hydrogens is 1450 g/mol. The van der Waals surface area contributed by atoms with Crippen LogP contribution in [0.15, 0.2) is 160 Å². The third-order valence-electron chi connectivity index (χ3n) is 21.2. The van der Waals surface area contributed by atoms with Gasteiger partial charge in [-0.3, -0.25) is 24.0 Å². The lowest BCUT2D eigenvalue weighted by molar-refractivity contribution is -0.439. The van der Waals surface area contributed by atoms with Crippen LogP contribution >= 0.6 is 22.7 Å². The lowest BCUT2D eigenvalue weighted by atomic mass is 9.78. The summed E-state index contributed by atoms with van der Waals surface area (Å²) < 4.78 is 19.3. The van der Waals surface area contributed by atoms with E-state index >= 15 is 0 Å². The molecule has 7 aromatic carbocycles. The van der Waals surface area contributed by atoms with E-state index in [2.05, 4.69) is 235 Å². The van der Waals surface area contributed by atoms with Crippen LogP contribution in [0.2, 0.25) is 0 Å². The number of halogens is 1. The zero-order chi connectivity index (χ0) is 74.5. The minimum absolute atomic E-state index is 0. The number of ketones is 1. The molecule has 3 aliphatic rings. The predicted octanol–water partition coefficient (Wildman–Crippen LogP) is 17.5. The molecule has 540 valence electrons. The molecule has 0 bridgehead atoms. The van der Waals surface area contributed by atoms with Gasteiger partial charge in [-0.1, -0.05) is 134 Å². The first-order chi connectivity index (χ1) is 48.4. The molecule has 0 saturated carbocycles. The van der Waals surface area contributed by atoms with Crippen molar-refractivity contribution < 1.29 is 67.2 Å². The van der Waals surface area contributed by atoms with E-state index in [1.165, 1.54) is 96.3 Å². The van der Waals surface area contributed by atoms with Crippen LogP contribution in [0.4, 0.5) is 11.4 Å². The molecule has 0 unspecified atom stereocenters. The fourth-order valence-corrected chi connectivity index (χ4v) is 16.7. The quantitative estimate of drug-likeness (QED) is 0.0335. The van der Waals surface area contributed by atoms with Gasteiger partial charge in [0.15, 0.2) is 17.2 Å². The molecule has 4 aromatic heterocycles. The summed E-state index contributed by atoms with van der Waals surface area (Å²) in [6.45, 7) is 44.7. The van der Waals surface area contributed by atoms with E-state index < -0.39 is 22.0 Å². The van der Waals surface area contributed by atoms with Crippen molar-refractivity contribution >= 4 is 113 Å². The van der Waals surface area contributed by atoms with Crippen LogP contribution in [0.1, 0.15) is 195 Å². The largest absolute Gasteiger partial charge is 1.00 e. The first kappa shape index (κ1) is 76.3. The second kappa shape index (κ2) is 28.2. The van der Waals surface area contributed by atoms with E-state index in [1.54, 1.807) is 12.1 Å². The van der Waals surface area contributed by atoms with E-state index in [4.69, 9.17) is 9.47 Å². The Bertz CT molecular complexity index is 5360. The number of allylic oxidation sites excluding steroid dienone is 3. The van der Waals surface area contributed by atoms with Crippen molar-refractivity contribution in [1.82, 2.24) is 9.13 Å². The topological polar surface area (TPSA) is 160 Å². The van der Waals surface area contributed by atoms with E-state index in [0.29, 0.717) is 40.5 Å². The summed E-state index contributed by atoms with van der Waals surface area (Å²) in [7, 11) is 0. The first-order valence-electron chi connectivity index (χ1n) is 35.8. The maximum absolute atomic E-state index is 13.9. The summed E-state index contributed by atoms with van der Waals surface area (Å²) in [5.74, 6) is 0.534. The highest BCUT2D eigenvalue weighted by molar-refractivity contribution is 7.18. The van der Waals surface area contributed by atoms with E-state index in [-0.39, 0.29) is 68.2 Å². The predicted molar refractivity (Wildman–Crippen MR) is 424 cm³/mol. The van der Waals surface area contributed by atoms with Gasteiger partial charge in [-0.2, -0.15) is 9.15 Å². The number of fused-ring (bicyclic) bond motifs is 8. The number of aliphatic hydroxyl groups is 1. The molecular formula is C88H96IN4O9S2+. The van der Waals surface area contributed by atoms with Crippen molar-refractivity contribution in [3.8, 4) is 37.7 Å².